The Morgan fingerprint density at radius 2 is 2.15 bits per heavy atom. The van der Waals surface area contributed by atoms with Gasteiger partial charge in [0.05, 0.1) is 29.3 Å². The van der Waals surface area contributed by atoms with E-state index in [0.717, 1.165) is 5.56 Å². The van der Waals surface area contributed by atoms with E-state index in [4.69, 9.17) is 4.74 Å². The third kappa shape index (κ3) is 3.54. The predicted molar refractivity (Wildman–Crippen MR) is 123 cm³/mol. The molecule has 1 aliphatic heterocycles. The number of pyridine rings is 1. The second-order valence-electron chi connectivity index (χ2n) is 8.20. The first kappa shape index (κ1) is 21.6. The van der Waals surface area contributed by atoms with Crippen LogP contribution in [-0.2, 0) is 20.0 Å². The molecule has 1 amide bonds. The fourth-order valence-corrected chi connectivity index (χ4v) is 4.17. The van der Waals surface area contributed by atoms with Crippen LogP contribution >= 0.6 is 0 Å². The van der Waals surface area contributed by atoms with Crippen molar-refractivity contribution in [2.75, 3.05) is 26.0 Å². The average molecular weight is 463 g/mol. The molecule has 0 atom stereocenters. The smallest absolute Gasteiger partial charge is 0.273 e. The molecule has 4 heterocycles. The zero-order valence-corrected chi connectivity index (χ0v) is 18.8. The van der Waals surface area contributed by atoms with Crippen molar-refractivity contribution in [2.24, 2.45) is 7.05 Å². The van der Waals surface area contributed by atoms with Gasteiger partial charge in [-0.15, -0.1) is 0 Å². The van der Waals surface area contributed by atoms with Gasteiger partial charge in [0.2, 0.25) is 0 Å². The fraction of sp³-hybridized carbons (Fsp3) is 0.261. The van der Waals surface area contributed by atoms with Gasteiger partial charge < -0.3 is 15.0 Å². The van der Waals surface area contributed by atoms with Crippen LogP contribution in [0.2, 0.25) is 0 Å². The molecule has 0 radical (unpaired) electrons. The van der Waals surface area contributed by atoms with E-state index in [1.807, 2.05) is 0 Å². The van der Waals surface area contributed by atoms with Gasteiger partial charge in [-0.1, -0.05) is 0 Å². The van der Waals surface area contributed by atoms with E-state index in [1.54, 1.807) is 33.3 Å². The molecular weight excluding hydrogens is 441 g/mol. The molecule has 1 aliphatic rings. The lowest BCUT2D eigenvalue weighted by Crippen LogP contribution is -2.22. The van der Waals surface area contributed by atoms with Crippen molar-refractivity contribution in [3.8, 4) is 17.0 Å². The molecule has 4 aromatic rings. The number of nitrogens with zero attached hydrogens (tertiary/aromatic N) is 5. The molecule has 1 aromatic carbocycles. The highest BCUT2D eigenvalue weighted by atomic mass is 19.1. The number of H-pyrrole nitrogens is 1. The van der Waals surface area contributed by atoms with Gasteiger partial charge in [-0.05, 0) is 18.2 Å². The van der Waals surface area contributed by atoms with Gasteiger partial charge in [-0.2, -0.15) is 10.2 Å². The fourth-order valence-electron chi connectivity index (χ4n) is 4.17. The number of nitrogens with one attached hydrogen (secondary N) is 2. The average Bonchev–Trinajstić information content (AvgIpc) is 3.44. The highest BCUT2D eigenvalue weighted by molar-refractivity contribution is 6.01. The summed E-state index contributed by atoms with van der Waals surface area (Å²) in [6.45, 7) is 0.684. The lowest BCUT2D eigenvalue weighted by atomic mass is 10.0. The minimum atomic E-state index is -0.417. The monoisotopic (exact) mass is 463 g/mol. The number of benzene rings is 1. The molecule has 3 aromatic heterocycles. The topological polar surface area (TPSA) is 118 Å². The summed E-state index contributed by atoms with van der Waals surface area (Å²) in [4.78, 5) is 31.1. The zero-order valence-electron chi connectivity index (χ0n) is 18.8. The van der Waals surface area contributed by atoms with Crippen molar-refractivity contribution in [3.63, 3.8) is 0 Å². The van der Waals surface area contributed by atoms with Crippen LogP contribution in [0.1, 0.15) is 21.6 Å². The quantitative estimate of drug-likeness (QED) is 0.465. The minimum Gasteiger partial charge on any atom is -0.493 e. The summed E-state index contributed by atoms with van der Waals surface area (Å²) in [5.41, 5.74) is 2.22. The molecule has 0 bridgehead atoms. The Balaban J connectivity index is 1.56. The number of ether oxygens (including phenoxy) is 1. The Morgan fingerprint density at radius 3 is 2.94 bits per heavy atom. The number of fused-ring (bicyclic) bond motifs is 2. The summed E-state index contributed by atoms with van der Waals surface area (Å²) in [5.74, 6) is 0.486. The van der Waals surface area contributed by atoms with Crippen molar-refractivity contribution >= 4 is 22.5 Å². The van der Waals surface area contributed by atoms with Crippen molar-refractivity contribution in [2.45, 2.75) is 13.0 Å². The number of carbonyl (C=O) groups excluding carboxylic acids is 1. The first-order valence-corrected chi connectivity index (χ1v) is 10.6. The molecule has 5 rings (SSSR count). The number of aromatic amines is 1. The van der Waals surface area contributed by atoms with E-state index in [-0.39, 0.29) is 24.0 Å². The molecule has 0 saturated carbocycles. The molecule has 34 heavy (non-hydrogen) atoms. The van der Waals surface area contributed by atoms with Crippen LogP contribution in [0.3, 0.4) is 0 Å². The Bertz CT molecular complexity index is 1490. The first-order chi connectivity index (χ1) is 16.3. The van der Waals surface area contributed by atoms with Crippen molar-refractivity contribution in [1.82, 2.24) is 29.9 Å². The van der Waals surface area contributed by atoms with Crippen molar-refractivity contribution < 1.29 is 13.9 Å². The summed E-state index contributed by atoms with van der Waals surface area (Å²) in [6, 6.07) is 4.64. The van der Waals surface area contributed by atoms with E-state index >= 15 is 0 Å². The normalized spacial score (nSPS) is 12.5. The molecule has 0 saturated heterocycles. The molecular formula is C23H22FN7O3. The van der Waals surface area contributed by atoms with E-state index in [9.17, 15) is 14.0 Å². The van der Waals surface area contributed by atoms with Crippen molar-refractivity contribution in [1.29, 1.82) is 0 Å². The van der Waals surface area contributed by atoms with Gasteiger partial charge in [0.1, 0.15) is 17.4 Å². The second kappa shape index (κ2) is 8.25. The molecule has 0 unspecified atom stereocenters. The van der Waals surface area contributed by atoms with E-state index in [0.29, 0.717) is 52.2 Å². The third-order valence-corrected chi connectivity index (χ3v) is 5.86. The molecule has 174 valence electrons. The maximum Gasteiger partial charge on any atom is 0.273 e. The molecule has 10 nitrogen and oxygen atoms in total. The molecule has 0 spiro atoms. The Labute approximate surface area is 193 Å². The maximum absolute atomic E-state index is 14.6. The summed E-state index contributed by atoms with van der Waals surface area (Å²) >= 11 is 0. The number of amides is 1. The molecule has 2 N–H and O–H groups in total. The maximum atomic E-state index is 14.6. The number of hydrogen-bond acceptors (Lipinski definition) is 7. The van der Waals surface area contributed by atoms with Crippen LogP contribution in [0.4, 0.5) is 10.2 Å². The van der Waals surface area contributed by atoms with Gasteiger partial charge >= 0.3 is 0 Å². The summed E-state index contributed by atoms with van der Waals surface area (Å²) < 4.78 is 21.6. The number of aryl methyl sites for hydroxylation is 1. The van der Waals surface area contributed by atoms with Gasteiger partial charge in [0.25, 0.3) is 11.5 Å². The largest absolute Gasteiger partial charge is 0.493 e. The standard InChI is InChI=1S/C23H22FN7O3/c1-30(2)23(33)17-8-18(31(3)29-17)14-10-26-21(15-11-27-28-22(32)20(14)15)25-9-13-12-6-7-34-19(12)5-4-16(13)24/h4-5,8,10-11H,6-7,9H2,1-3H3,(H,25,26)(H,28,32). The number of hydrogen-bond donors (Lipinski definition) is 2. The molecule has 0 aliphatic carbocycles. The van der Waals surface area contributed by atoms with Crippen LogP contribution in [0.25, 0.3) is 22.0 Å². The summed E-state index contributed by atoms with van der Waals surface area (Å²) in [6.07, 6.45) is 3.66. The summed E-state index contributed by atoms with van der Waals surface area (Å²) in [7, 11) is 4.97. The van der Waals surface area contributed by atoms with Gasteiger partial charge in [0, 0.05) is 57.0 Å². The van der Waals surface area contributed by atoms with Crippen LogP contribution < -0.4 is 15.6 Å². The number of aromatic nitrogens is 5. The predicted octanol–water partition coefficient (Wildman–Crippen LogP) is 2.11. The van der Waals surface area contributed by atoms with Crippen LogP contribution in [0.15, 0.2) is 35.4 Å². The highest BCUT2D eigenvalue weighted by Gasteiger charge is 2.22. The van der Waals surface area contributed by atoms with Gasteiger partial charge in [0.15, 0.2) is 5.69 Å². The zero-order chi connectivity index (χ0) is 24.0. The lowest BCUT2D eigenvalue weighted by Gasteiger charge is -2.13. The second-order valence-corrected chi connectivity index (χ2v) is 8.20. The SMILES string of the molecule is CN(C)C(=O)c1cc(-c2cnc(NCc3c(F)ccc4c3CCO4)c3cn[nH]c(=O)c23)n(C)n1. The Hall–Kier alpha value is -4.28. The minimum absolute atomic E-state index is 0.166. The Morgan fingerprint density at radius 1 is 1.32 bits per heavy atom. The van der Waals surface area contributed by atoms with Crippen molar-refractivity contribution in [3.05, 3.63) is 63.6 Å². The van der Waals surface area contributed by atoms with Crippen LogP contribution in [0, 0.1) is 5.82 Å². The third-order valence-electron chi connectivity index (χ3n) is 5.86. The number of rotatable bonds is 5. The highest BCUT2D eigenvalue weighted by Crippen LogP contribution is 2.32. The van der Waals surface area contributed by atoms with Crippen LogP contribution in [-0.4, -0.2) is 56.5 Å². The molecule has 0 fully saturated rings. The van der Waals surface area contributed by atoms with E-state index < -0.39 is 5.56 Å². The number of carbonyl (C=O) groups is 1. The van der Waals surface area contributed by atoms with Crippen LogP contribution in [0.5, 0.6) is 5.75 Å². The first-order valence-electron chi connectivity index (χ1n) is 10.6. The Kier molecular flexibility index (Phi) is 5.23. The van der Waals surface area contributed by atoms with E-state index in [1.165, 1.54) is 28.0 Å². The molecule has 11 heteroatoms. The van der Waals surface area contributed by atoms with Gasteiger partial charge in [-0.25, -0.2) is 14.5 Å². The number of anilines is 1. The lowest BCUT2D eigenvalue weighted by molar-refractivity contribution is 0.0821. The summed E-state index contributed by atoms with van der Waals surface area (Å²) in [5, 5.41) is 14.6. The van der Waals surface area contributed by atoms with Gasteiger partial charge in [-0.3, -0.25) is 14.3 Å². The number of halogens is 1. The van der Waals surface area contributed by atoms with E-state index in [2.05, 4.69) is 25.6 Å².